The molecular formula is C20H31N5O3. The van der Waals surface area contributed by atoms with Gasteiger partial charge < -0.3 is 25.0 Å². The van der Waals surface area contributed by atoms with Gasteiger partial charge in [0.1, 0.15) is 5.75 Å². The van der Waals surface area contributed by atoms with E-state index in [-0.39, 0.29) is 5.91 Å². The van der Waals surface area contributed by atoms with Crippen molar-refractivity contribution in [1.82, 2.24) is 20.4 Å². The molecule has 8 heteroatoms. The Balaban J connectivity index is 1.39. The number of carbonyl (C=O) groups excluding carboxylic acids is 1. The van der Waals surface area contributed by atoms with Gasteiger partial charge in [-0.2, -0.15) is 0 Å². The summed E-state index contributed by atoms with van der Waals surface area (Å²) in [6, 6.07) is 7.66. The van der Waals surface area contributed by atoms with Crippen molar-refractivity contribution in [3.05, 3.63) is 29.8 Å². The Bertz CT molecular complexity index is 658. The molecule has 0 bridgehead atoms. The van der Waals surface area contributed by atoms with Gasteiger partial charge in [0.2, 0.25) is 0 Å². The van der Waals surface area contributed by atoms with Gasteiger partial charge in [0.15, 0.2) is 5.96 Å². The first-order valence-electron chi connectivity index (χ1n) is 9.91. The molecule has 2 saturated heterocycles. The molecule has 2 fully saturated rings. The van der Waals surface area contributed by atoms with E-state index in [4.69, 9.17) is 9.47 Å². The summed E-state index contributed by atoms with van der Waals surface area (Å²) < 4.78 is 10.6. The largest absolute Gasteiger partial charge is 0.497 e. The van der Waals surface area contributed by atoms with Gasteiger partial charge in [-0.05, 0) is 30.7 Å². The van der Waals surface area contributed by atoms with Crippen molar-refractivity contribution in [3.63, 3.8) is 0 Å². The molecule has 8 nitrogen and oxygen atoms in total. The number of rotatable bonds is 6. The third-order valence-corrected chi connectivity index (χ3v) is 5.28. The van der Waals surface area contributed by atoms with Crippen LogP contribution in [0.2, 0.25) is 0 Å². The standard InChI is InChI=1S/C20H31N5O3/c1-21-20(25-10-7-17(15-25)24-11-13-28-14-12-24)23-9-8-22-19(26)16-3-5-18(27-2)6-4-16/h3-6,17H,7-15H2,1-2H3,(H,21,23)(H,22,26). The average molecular weight is 390 g/mol. The maximum Gasteiger partial charge on any atom is 0.251 e. The van der Waals surface area contributed by atoms with Crippen LogP contribution in [-0.2, 0) is 4.74 Å². The number of nitrogens with one attached hydrogen (secondary N) is 2. The number of amides is 1. The maximum atomic E-state index is 12.2. The summed E-state index contributed by atoms with van der Waals surface area (Å²) in [5.41, 5.74) is 0.623. The molecule has 3 rings (SSSR count). The summed E-state index contributed by atoms with van der Waals surface area (Å²) in [4.78, 5) is 21.4. The summed E-state index contributed by atoms with van der Waals surface area (Å²) in [7, 11) is 3.41. The number of methoxy groups -OCH3 is 1. The smallest absolute Gasteiger partial charge is 0.251 e. The van der Waals surface area contributed by atoms with Gasteiger partial charge in [-0.25, -0.2) is 0 Å². The number of hydrogen-bond acceptors (Lipinski definition) is 5. The van der Waals surface area contributed by atoms with Crippen LogP contribution in [0.3, 0.4) is 0 Å². The number of nitrogens with zero attached hydrogens (tertiary/aromatic N) is 3. The average Bonchev–Trinajstić information content (AvgIpc) is 3.24. The highest BCUT2D eigenvalue weighted by molar-refractivity contribution is 5.94. The van der Waals surface area contributed by atoms with Gasteiger partial charge in [-0.3, -0.25) is 14.7 Å². The van der Waals surface area contributed by atoms with Crippen molar-refractivity contribution in [1.29, 1.82) is 0 Å². The fraction of sp³-hybridized carbons (Fsp3) is 0.600. The molecule has 0 radical (unpaired) electrons. The number of likely N-dealkylation sites (tertiary alicyclic amines) is 1. The molecule has 0 spiro atoms. The van der Waals surface area contributed by atoms with Crippen LogP contribution in [0.5, 0.6) is 5.75 Å². The van der Waals surface area contributed by atoms with Crippen molar-refractivity contribution < 1.29 is 14.3 Å². The van der Waals surface area contributed by atoms with Crippen LogP contribution in [0.15, 0.2) is 29.3 Å². The second kappa shape index (κ2) is 10.3. The van der Waals surface area contributed by atoms with Gasteiger partial charge in [0.25, 0.3) is 5.91 Å². The van der Waals surface area contributed by atoms with Gasteiger partial charge in [-0.1, -0.05) is 0 Å². The number of aliphatic imine (C=N–C) groups is 1. The van der Waals surface area contributed by atoms with E-state index in [2.05, 4.69) is 25.4 Å². The van der Waals surface area contributed by atoms with Crippen LogP contribution in [0.25, 0.3) is 0 Å². The lowest BCUT2D eigenvalue weighted by molar-refractivity contribution is 0.0195. The van der Waals surface area contributed by atoms with E-state index in [1.54, 1.807) is 38.4 Å². The van der Waals surface area contributed by atoms with Crippen LogP contribution < -0.4 is 15.4 Å². The van der Waals surface area contributed by atoms with Crippen molar-refractivity contribution >= 4 is 11.9 Å². The van der Waals surface area contributed by atoms with Crippen molar-refractivity contribution in [3.8, 4) is 5.75 Å². The lowest BCUT2D eigenvalue weighted by atomic mass is 10.2. The van der Waals surface area contributed by atoms with E-state index < -0.39 is 0 Å². The molecule has 2 aliphatic heterocycles. The lowest BCUT2D eigenvalue weighted by Gasteiger charge is -2.32. The van der Waals surface area contributed by atoms with Crippen LogP contribution in [0.1, 0.15) is 16.8 Å². The highest BCUT2D eigenvalue weighted by Crippen LogP contribution is 2.17. The SMILES string of the molecule is CN=C(NCCNC(=O)c1ccc(OC)cc1)N1CCC(N2CCOCC2)C1. The monoisotopic (exact) mass is 389 g/mol. The molecule has 2 N–H and O–H groups in total. The summed E-state index contributed by atoms with van der Waals surface area (Å²) in [6.45, 7) is 6.84. The first kappa shape index (κ1) is 20.4. The summed E-state index contributed by atoms with van der Waals surface area (Å²) in [5.74, 6) is 1.55. The number of guanidine groups is 1. The quantitative estimate of drug-likeness (QED) is 0.417. The topological polar surface area (TPSA) is 78.4 Å². The maximum absolute atomic E-state index is 12.2. The Morgan fingerprint density at radius 1 is 1.18 bits per heavy atom. The minimum atomic E-state index is -0.0898. The molecule has 0 saturated carbocycles. The van der Waals surface area contributed by atoms with Gasteiger partial charge >= 0.3 is 0 Å². The van der Waals surface area contributed by atoms with E-state index in [1.165, 1.54) is 0 Å². The molecule has 1 atom stereocenters. The first-order chi connectivity index (χ1) is 13.7. The number of hydrogen-bond donors (Lipinski definition) is 2. The molecule has 1 unspecified atom stereocenters. The van der Waals surface area contributed by atoms with Crippen molar-refractivity contribution in [2.75, 3.05) is 66.6 Å². The predicted molar refractivity (Wildman–Crippen MR) is 109 cm³/mol. The van der Waals surface area contributed by atoms with Gasteiger partial charge in [0, 0.05) is 57.9 Å². The second-order valence-corrected chi connectivity index (χ2v) is 7.00. The molecule has 1 amide bonds. The van der Waals surface area contributed by atoms with Crippen molar-refractivity contribution in [2.45, 2.75) is 12.5 Å². The summed E-state index contributed by atoms with van der Waals surface area (Å²) in [5, 5.41) is 6.29. The number of benzene rings is 1. The fourth-order valence-electron chi connectivity index (χ4n) is 3.70. The zero-order valence-electron chi connectivity index (χ0n) is 16.8. The van der Waals surface area contributed by atoms with E-state index in [1.807, 2.05) is 0 Å². The Hall–Kier alpha value is -2.32. The van der Waals surface area contributed by atoms with Crippen molar-refractivity contribution in [2.24, 2.45) is 4.99 Å². The number of carbonyl (C=O) groups is 1. The second-order valence-electron chi connectivity index (χ2n) is 7.00. The summed E-state index contributed by atoms with van der Waals surface area (Å²) in [6.07, 6.45) is 1.15. The molecule has 1 aromatic rings. The molecule has 2 aliphatic rings. The molecule has 154 valence electrons. The van der Waals surface area contributed by atoms with Crippen LogP contribution in [0.4, 0.5) is 0 Å². The molecule has 0 aliphatic carbocycles. The van der Waals surface area contributed by atoms with Gasteiger partial charge in [-0.15, -0.1) is 0 Å². The van der Waals surface area contributed by atoms with Crippen LogP contribution >= 0.6 is 0 Å². The zero-order valence-corrected chi connectivity index (χ0v) is 16.8. The molecule has 1 aromatic carbocycles. The minimum Gasteiger partial charge on any atom is -0.497 e. The number of morpholine rings is 1. The Morgan fingerprint density at radius 3 is 2.57 bits per heavy atom. The van der Waals surface area contributed by atoms with E-state index in [9.17, 15) is 4.79 Å². The Labute approximate surface area is 166 Å². The molecule has 0 aromatic heterocycles. The minimum absolute atomic E-state index is 0.0898. The molecular weight excluding hydrogens is 358 g/mol. The van der Waals surface area contributed by atoms with Gasteiger partial charge in [0.05, 0.1) is 20.3 Å². The molecule has 2 heterocycles. The highest BCUT2D eigenvalue weighted by atomic mass is 16.5. The third-order valence-electron chi connectivity index (χ3n) is 5.28. The van der Waals surface area contributed by atoms with E-state index in [0.29, 0.717) is 24.7 Å². The molecule has 28 heavy (non-hydrogen) atoms. The Kier molecular flexibility index (Phi) is 7.50. The normalized spacial score (nSPS) is 20.9. The fourth-order valence-corrected chi connectivity index (χ4v) is 3.70. The Morgan fingerprint density at radius 2 is 1.89 bits per heavy atom. The highest BCUT2D eigenvalue weighted by Gasteiger charge is 2.30. The predicted octanol–water partition coefficient (Wildman–Crippen LogP) is 0.407. The third kappa shape index (κ3) is 5.36. The van der Waals surface area contributed by atoms with Crippen LogP contribution in [-0.4, -0.2) is 94.3 Å². The zero-order chi connectivity index (χ0) is 19.8. The lowest BCUT2D eigenvalue weighted by Crippen LogP contribution is -2.47. The first-order valence-corrected chi connectivity index (χ1v) is 9.91. The van der Waals surface area contributed by atoms with Crippen LogP contribution in [0, 0.1) is 0 Å². The summed E-state index contributed by atoms with van der Waals surface area (Å²) >= 11 is 0. The van der Waals surface area contributed by atoms with E-state index >= 15 is 0 Å². The van der Waals surface area contributed by atoms with E-state index in [0.717, 1.165) is 57.5 Å². The number of ether oxygens (including phenoxy) is 2.